The summed E-state index contributed by atoms with van der Waals surface area (Å²) in [6.45, 7) is 0.799. The van der Waals surface area contributed by atoms with Gasteiger partial charge in [0.2, 0.25) is 0 Å². The molecule has 1 amide bonds. The number of nitriles is 1. The van der Waals surface area contributed by atoms with Crippen LogP contribution in [0.3, 0.4) is 0 Å². The molecule has 5 heteroatoms. The second-order valence-electron chi connectivity index (χ2n) is 6.38. The summed E-state index contributed by atoms with van der Waals surface area (Å²) >= 11 is 0. The van der Waals surface area contributed by atoms with Crippen molar-refractivity contribution in [3.63, 3.8) is 0 Å². The van der Waals surface area contributed by atoms with E-state index in [1.807, 2.05) is 30.4 Å². The molecule has 4 rings (SSSR count). The Balaban J connectivity index is 1.68. The molecular formula is C22H18N4O. The highest BCUT2D eigenvalue weighted by atomic mass is 16.2. The van der Waals surface area contributed by atoms with E-state index < -0.39 is 0 Å². The number of fused-ring (bicyclic) bond motifs is 3. The van der Waals surface area contributed by atoms with Crippen molar-refractivity contribution in [1.29, 1.82) is 5.26 Å². The molecule has 2 aromatic rings. The minimum Gasteiger partial charge on any atom is -0.340 e. The predicted octanol–water partition coefficient (Wildman–Crippen LogP) is 3.88. The van der Waals surface area contributed by atoms with E-state index in [1.165, 1.54) is 0 Å². The largest absolute Gasteiger partial charge is 0.340 e. The van der Waals surface area contributed by atoms with Gasteiger partial charge in [0.1, 0.15) is 6.07 Å². The van der Waals surface area contributed by atoms with E-state index in [0.717, 1.165) is 29.9 Å². The summed E-state index contributed by atoms with van der Waals surface area (Å²) in [7, 11) is 0. The number of nitrogens with one attached hydrogen (secondary N) is 1. The molecule has 0 fully saturated rings. The van der Waals surface area contributed by atoms with Crippen LogP contribution in [-0.4, -0.2) is 18.2 Å². The van der Waals surface area contributed by atoms with Crippen molar-refractivity contribution in [2.75, 3.05) is 11.4 Å². The fourth-order valence-electron chi connectivity index (χ4n) is 3.41. The lowest BCUT2D eigenvalue weighted by Gasteiger charge is -2.29. The van der Waals surface area contributed by atoms with Crippen LogP contribution in [0, 0.1) is 11.3 Å². The molecule has 0 aliphatic carbocycles. The van der Waals surface area contributed by atoms with Gasteiger partial charge >= 0.3 is 0 Å². The number of para-hydroxylation sites is 1. The molecule has 2 aromatic carbocycles. The smallest absolute Gasteiger partial charge is 0.271 e. The Morgan fingerprint density at radius 3 is 2.67 bits per heavy atom. The van der Waals surface area contributed by atoms with Crippen LogP contribution in [0.15, 0.2) is 77.0 Å². The molecular weight excluding hydrogens is 336 g/mol. The van der Waals surface area contributed by atoms with Crippen LogP contribution >= 0.6 is 0 Å². The molecule has 0 atom stereocenters. The Kier molecular flexibility index (Phi) is 4.54. The second-order valence-corrected chi connectivity index (χ2v) is 6.38. The fourth-order valence-corrected chi connectivity index (χ4v) is 3.41. The van der Waals surface area contributed by atoms with Crippen LogP contribution in [0.2, 0.25) is 0 Å². The van der Waals surface area contributed by atoms with Gasteiger partial charge < -0.3 is 4.90 Å². The maximum absolute atomic E-state index is 12.3. The molecule has 27 heavy (non-hydrogen) atoms. The molecule has 2 aliphatic heterocycles. The Hall–Kier alpha value is -3.65. The minimum atomic E-state index is -0.281. The summed E-state index contributed by atoms with van der Waals surface area (Å²) in [6, 6.07) is 19.4. The van der Waals surface area contributed by atoms with Gasteiger partial charge in [-0.2, -0.15) is 10.4 Å². The highest BCUT2D eigenvalue weighted by Crippen LogP contribution is 2.34. The number of nitrogens with zero attached hydrogens (tertiary/aromatic N) is 3. The SMILES string of the molecule is N#CC1=C2C=Cc3ccccc3N2CCCC1=NNC(=O)c1ccccc1. The summed E-state index contributed by atoms with van der Waals surface area (Å²) in [5.74, 6) is -0.281. The monoisotopic (exact) mass is 354 g/mol. The van der Waals surface area contributed by atoms with Gasteiger partial charge in [-0.05, 0) is 42.7 Å². The molecule has 0 unspecified atom stereocenters. The number of carbonyl (C=O) groups excluding carboxylic acids is 1. The molecule has 0 radical (unpaired) electrons. The first-order chi connectivity index (χ1) is 13.3. The maximum Gasteiger partial charge on any atom is 0.271 e. The van der Waals surface area contributed by atoms with Gasteiger partial charge in [0.15, 0.2) is 0 Å². The molecule has 0 saturated carbocycles. The van der Waals surface area contributed by atoms with Crippen molar-refractivity contribution in [2.24, 2.45) is 5.10 Å². The van der Waals surface area contributed by atoms with Gasteiger partial charge in [-0.25, -0.2) is 5.43 Å². The Bertz CT molecular complexity index is 1010. The molecule has 0 aromatic heterocycles. The van der Waals surface area contributed by atoms with Gasteiger partial charge in [-0.1, -0.05) is 42.5 Å². The van der Waals surface area contributed by atoms with E-state index in [1.54, 1.807) is 24.3 Å². The average Bonchev–Trinajstić information content (AvgIpc) is 2.91. The second kappa shape index (κ2) is 7.30. The normalized spacial score (nSPS) is 17.0. The molecule has 5 nitrogen and oxygen atoms in total. The topological polar surface area (TPSA) is 68.5 Å². The predicted molar refractivity (Wildman–Crippen MR) is 106 cm³/mol. The highest BCUT2D eigenvalue weighted by Gasteiger charge is 2.26. The minimum absolute atomic E-state index is 0.281. The number of rotatable bonds is 2. The number of anilines is 1. The third-order valence-electron chi connectivity index (χ3n) is 4.72. The Morgan fingerprint density at radius 1 is 1.07 bits per heavy atom. The van der Waals surface area contributed by atoms with Gasteiger partial charge in [0.05, 0.1) is 17.0 Å². The van der Waals surface area contributed by atoms with Gasteiger partial charge in [-0.15, -0.1) is 0 Å². The molecule has 0 spiro atoms. The standard InChI is InChI=1S/C22H18N4O/c23-15-18-19(24-25-22(27)17-8-2-1-3-9-17)10-6-14-26-20-11-5-4-7-16(20)12-13-21(18)26/h1-5,7-9,11-13H,6,10,14H2,(H,25,27). The number of allylic oxidation sites excluding steroid dienone is 2. The van der Waals surface area contributed by atoms with E-state index in [2.05, 4.69) is 33.6 Å². The summed E-state index contributed by atoms with van der Waals surface area (Å²) in [5, 5.41) is 14.1. The zero-order valence-electron chi connectivity index (χ0n) is 14.7. The van der Waals surface area contributed by atoms with Crippen molar-refractivity contribution in [1.82, 2.24) is 5.43 Å². The van der Waals surface area contributed by atoms with Crippen molar-refractivity contribution < 1.29 is 4.79 Å². The number of hydrogen-bond acceptors (Lipinski definition) is 4. The number of hydrazone groups is 1. The van der Waals surface area contributed by atoms with Crippen molar-refractivity contribution >= 4 is 23.4 Å². The lowest BCUT2D eigenvalue weighted by Crippen LogP contribution is -2.25. The quantitative estimate of drug-likeness (QED) is 0.832. The summed E-state index contributed by atoms with van der Waals surface area (Å²) < 4.78 is 0. The molecule has 2 heterocycles. The Morgan fingerprint density at radius 2 is 1.85 bits per heavy atom. The van der Waals surface area contributed by atoms with Crippen LogP contribution in [0.5, 0.6) is 0 Å². The molecule has 1 N–H and O–H groups in total. The van der Waals surface area contributed by atoms with Gasteiger partial charge in [0, 0.05) is 17.8 Å². The number of amides is 1. The fraction of sp³-hybridized carbons (Fsp3) is 0.136. The van der Waals surface area contributed by atoms with Crippen molar-refractivity contribution in [2.45, 2.75) is 12.8 Å². The van der Waals surface area contributed by atoms with Crippen molar-refractivity contribution in [3.8, 4) is 6.07 Å². The van der Waals surface area contributed by atoms with Gasteiger partial charge in [-0.3, -0.25) is 4.79 Å². The molecule has 0 saturated heterocycles. The first-order valence-electron chi connectivity index (χ1n) is 8.89. The van der Waals surface area contributed by atoms with Crippen molar-refractivity contribution in [3.05, 3.63) is 83.1 Å². The zero-order chi connectivity index (χ0) is 18.6. The van der Waals surface area contributed by atoms with Crippen LogP contribution < -0.4 is 10.3 Å². The third kappa shape index (κ3) is 3.25. The first kappa shape index (κ1) is 16.8. The maximum atomic E-state index is 12.3. The highest BCUT2D eigenvalue weighted by molar-refractivity contribution is 6.07. The summed E-state index contributed by atoms with van der Waals surface area (Å²) in [5.41, 5.74) is 7.32. The van der Waals surface area contributed by atoms with E-state index in [-0.39, 0.29) is 5.91 Å². The van der Waals surface area contributed by atoms with Gasteiger partial charge in [0.25, 0.3) is 5.91 Å². The van der Waals surface area contributed by atoms with Crippen LogP contribution in [0.25, 0.3) is 6.08 Å². The van der Waals surface area contributed by atoms with E-state index in [4.69, 9.17) is 0 Å². The van der Waals surface area contributed by atoms with Crippen LogP contribution in [-0.2, 0) is 0 Å². The molecule has 2 aliphatic rings. The number of carbonyl (C=O) groups is 1. The van der Waals surface area contributed by atoms with Crippen LogP contribution in [0.1, 0.15) is 28.8 Å². The first-order valence-corrected chi connectivity index (χ1v) is 8.89. The average molecular weight is 354 g/mol. The summed E-state index contributed by atoms with van der Waals surface area (Å²) in [4.78, 5) is 14.4. The van der Waals surface area contributed by atoms with E-state index >= 15 is 0 Å². The van der Waals surface area contributed by atoms with E-state index in [9.17, 15) is 10.1 Å². The summed E-state index contributed by atoms with van der Waals surface area (Å²) in [6.07, 6.45) is 5.45. The lowest BCUT2D eigenvalue weighted by atomic mass is 10.0. The van der Waals surface area contributed by atoms with E-state index in [0.29, 0.717) is 23.3 Å². The third-order valence-corrected chi connectivity index (χ3v) is 4.72. The molecule has 132 valence electrons. The zero-order valence-corrected chi connectivity index (χ0v) is 14.7. The number of benzene rings is 2. The van der Waals surface area contributed by atoms with Crippen LogP contribution in [0.4, 0.5) is 5.69 Å². The Labute approximate surface area is 157 Å². The lowest BCUT2D eigenvalue weighted by molar-refractivity contribution is 0.0955. The molecule has 0 bridgehead atoms. The number of hydrogen-bond donors (Lipinski definition) is 1.